The SMILES string of the molecule is CC[C@@H]1CC[C@]2(C(=O)NCc3ccc(OC)cc3)CC[C@]3(C)[C@H](CC[C@@H]4[C@@]5(C)CC=C(c6ccc(C(=O)O)cc6)C(C)(C)[C@@H]5CC[C@]43C)[C@@H]12. The fourth-order valence-electron chi connectivity index (χ4n) is 13.6. The summed E-state index contributed by atoms with van der Waals surface area (Å²) in [6.07, 6.45) is 14.1. The number of carboxylic acids is 1. The van der Waals surface area contributed by atoms with Crippen LogP contribution >= 0.6 is 0 Å². The van der Waals surface area contributed by atoms with Crippen molar-refractivity contribution in [2.75, 3.05) is 7.11 Å². The molecule has 1 amide bonds. The summed E-state index contributed by atoms with van der Waals surface area (Å²) < 4.78 is 5.35. The van der Waals surface area contributed by atoms with Gasteiger partial charge >= 0.3 is 5.97 Å². The minimum atomic E-state index is -0.872. The predicted octanol–water partition coefficient (Wildman–Crippen LogP) is 10.2. The molecule has 2 aromatic rings. The molecule has 5 aliphatic carbocycles. The molecule has 0 radical (unpaired) electrons. The molecule has 4 saturated carbocycles. The molecule has 2 aromatic carbocycles. The average Bonchev–Trinajstić information content (AvgIpc) is 3.47. The van der Waals surface area contributed by atoms with Crippen LogP contribution in [0.2, 0.25) is 0 Å². The maximum Gasteiger partial charge on any atom is 0.335 e. The summed E-state index contributed by atoms with van der Waals surface area (Å²) in [5.41, 5.74) is 4.43. The topological polar surface area (TPSA) is 75.6 Å². The minimum absolute atomic E-state index is 0.000720. The smallest absolute Gasteiger partial charge is 0.335 e. The van der Waals surface area contributed by atoms with Crippen LogP contribution in [0.3, 0.4) is 0 Å². The predicted molar refractivity (Wildman–Crippen MR) is 196 cm³/mol. The maximum atomic E-state index is 14.4. The van der Waals surface area contributed by atoms with Gasteiger partial charge in [0.25, 0.3) is 0 Å². The lowest BCUT2D eigenvalue weighted by atomic mass is 9.32. The van der Waals surface area contributed by atoms with Crippen molar-refractivity contribution in [2.24, 2.45) is 56.7 Å². The number of methoxy groups -OCH3 is 1. The molecule has 0 heterocycles. The van der Waals surface area contributed by atoms with Crippen molar-refractivity contribution in [1.29, 1.82) is 0 Å². The van der Waals surface area contributed by atoms with Crippen LogP contribution in [0, 0.1) is 56.7 Å². The molecule has 0 bridgehead atoms. The van der Waals surface area contributed by atoms with Crippen LogP contribution in [-0.4, -0.2) is 24.1 Å². The second kappa shape index (κ2) is 12.0. The van der Waals surface area contributed by atoms with Gasteiger partial charge in [-0.3, -0.25) is 4.79 Å². The quantitative estimate of drug-likeness (QED) is 0.309. The van der Waals surface area contributed by atoms with Gasteiger partial charge in [0.05, 0.1) is 18.1 Å². The van der Waals surface area contributed by atoms with E-state index in [1.54, 1.807) is 19.2 Å². The lowest BCUT2D eigenvalue weighted by molar-refractivity contribution is -0.226. The first kappa shape index (κ1) is 34.4. The summed E-state index contributed by atoms with van der Waals surface area (Å²) in [4.78, 5) is 26.0. The van der Waals surface area contributed by atoms with Gasteiger partial charge < -0.3 is 15.2 Å². The standard InChI is InChI=1S/C44H59NO4/c1-8-29-19-24-44(39(48)45-27-28-9-15-32(49-7)16-10-28)26-25-42(5)34(37(29)44)17-18-36-41(4)22-20-33(30-11-13-31(14-12-30)38(46)47)40(2,3)35(41)21-23-43(36,42)6/h9-16,20,29,34-37H,8,17-19,21-27H2,1-7H3,(H,45,48)(H,46,47)/t29-,34-,35+,36-,37-,41+,42-,43-,44+/m1/s1. The highest BCUT2D eigenvalue weighted by Crippen LogP contribution is 2.77. The summed E-state index contributed by atoms with van der Waals surface area (Å²) in [6.45, 7) is 15.8. The molecule has 264 valence electrons. The van der Waals surface area contributed by atoms with E-state index in [1.165, 1.54) is 49.7 Å². The zero-order valence-corrected chi connectivity index (χ0v) is 31.0. The molecule has 0 aliphatic heterocycles. The van der Waals surface area contributed by atoms with Gasteiger partial charge in [0.1, 0.15) is 5.75 Å². The number of carbonyl (C=O) groups is 2. The molecule has 2 N–H and O–H groups in total. The highest BCUT2D eigenvalue weighted by atomic mass is 16.5. The summed E-state index contributed by atoms with van der Waals surface area (Å²) >= 11 is 0. The summed E-state index contributed by atoms with van der Waals surface area (Å²) in [5.74, 6) is 3.14. The number of aromatic carboxylic acids is 1. The fraction of sp³-hybridized carbons (Fsp3) is 0.636. The van der Waals surface area contributed by atoms with Crippen molar-refractivity contribution < 1.29 is 19.4 Å². The number of carbonyl (C=O) groups excluding carboxylic acids is 1. The highest BCUT2D eigenvalue weighted by molar-refractivity contribution is 5.88. The number of allylic oxidation sites excluding steroid dienone is 2. The molecule has 7 rings (SSSR count). The van der Waals surface area contributed by atoms with E-state index in [9.17, 15) is 14.7 Å². The molecule has 5 aliphatic rings. The van der Waals surface area contributed by atoms with Gasteiger partial charge in [0.2, 0.25) is 5.91 Å². The Kier molecular flexibility index (Phi) is 8.43. The monoisotopic (exact) mass is 665 g/mol. The third-order valence-corrected chi connectivity index (χ3v) is 16.2. The molecule has 9 atom stereocenters. The van der Waals surface area contributed by atoms with Gasteiger partial charge in [0.15, 0.2) is 0 Å². The lowest BCUT2D eigenvalue weighted by Crippen LogP contribution is -2.66. The third kappa shape index (κ3) is 4.98. The van der Waals surface area contributed by atoms with Crippen LogP contribution in [0.1, 0.15) is 127 Å². The van der Waals surface area contributed by atoms with Gasteiger partial charge in [-0.15, -0.1) is 0 Å². The summed E-state index contributed by atoms with van der Waals surface area (Å²) in [5, 5.41) is 12.9. The molecule has 5 nitrogen and oxygen atoms in total. The third-order valence-electron chi connectivity index (χ3n) is 16.2. The maximum absolute atomic E-state index is 14.4. The fourth-order valence-corrected chi connectivity index (χ4v) is 13.6. The number of carboxylic acid groups (broad SMARTS) is 1. The van der Waals surface area contributed by atoms with Crippen LogP contribution < -0.4 is 10.1 Å². The van der Waals surface area contributed by atoms with E-state index in [2.05, 4.69) is 65.1 Å². The number of nitrogens with one attached hydrogen (secondary N) is 1. The van der Waals surface area contributed by atoms with Crippen molar-refractivity contribution in [1.82, 2.24) is 5.32 Å². The molecular weight excluding hydrogens is 606 g/mol. The number of fused-ring (bicyclic) bond motifs is 7. The molecule has 0 aromatic heterocycles. The minimum Gasteiger partial charge on any atom is -0.497 e. The normalized spacial score (nSPS) is 39.0. The van der Waals surface area contributed by atoms with E-state index in [1.807, 2.05) is 24.3 Å². The largest absolute Gasteiger partial charge is 0.497 e. The number of ether oxygens (including phenoxy) is 1. The van der Waals surface area contributed by atoms with Gasteiger partial charge in [-0.25, -0.2) is 4.79 Å². The first-order valence-electron chi connectivity index (χ1n) is 19.2. The highest BCUT2D eigenvalue weighted by Gasteiger charge is 2.71. The van der Waals surface area contributed by atoms with Crippen LogP contribution in [0.25, 0.3) is 5.57 Å². The Morgan fingerprint density at radius 2 is 1.55 bits per heavy atom. The molecule has 5 heteroatoms. The first-order chi connectivity index (χ1) is 23.2. The Labute approximate surface area is 294 Å². The van der Waals surface area contributed by atoms with Crippen molar-refractivity contribution >= 4 is 17.4 Å². The first-order valence-corrected chi connectivity index (χ1v) is 19.2. The zero-order valence-electron chi connectivity index (χ0n) is 31.0. The van der Waals surface area contributed by atoms with Gasteiger partial charge in [-0.05, 0) is 150 Å². The van der Waals surface area contributed by atoms with E-state index in [0.717, 1.165) is 37.0 Å². The molecule has 0 spiro atoms. The van der Waals surface area contributed by atoms with Gasteiger partial charge in [-0.2, -0.15) is 0 Å². The number of hydrogen-bond donors (Lipinski definition) is 2. The van der Waals surface area contributed by atoms with Gasteiger partial charge in [0, 0.05) is 6.54 Å². The van der Waals surface area contributed by atoms with Gasteiger partial charge in [-0.1, -0.05) is 78.3 Å². The Morgan fingerprint density at radius 1 is 0.837 bits per heavy atom. The van der Waals surface area contributed by atoms with E-state index in [-0.39, 0.29) is 27.1 Å². The number of benzene rings is 2. The Morgan fingerprint density at radius 3 is 2.20 bits per heavy atom. The van der Waals surface area contributed by atoms with E-state index in [0.29, 0.717) is 47.6 Å². The second-order valence-electron chi connectivity index (χ2n) is 18.0. The van der Waals surface area contributed by atoms with Crippen molar-refractivity contribution in [3.05, 3.63) is 71.3 Å². The molecule has 4 fully saturated rings. The van der Waals surface area contributed by atoms with Crippen LogP contribution in [-0.2, 0) is 11.3 Å². The van der Waals surface area contributed by atoms with E-state index in [4.69, 9.17) is 4.74 Å². The van der Waals surface area contributed by atoms with E-state index < -0.39 is 5.97 Å². The Balaban J connectivity index is 1.17. The molecule has 49 heavy (non-hydrogen) atoms. The van der Waals surface area contributed by atoms with Crippen molar-refractivity contribution in [2.45, 2.75) is 112 Å². The lowest BCUT2D eigenvalue weighted by Gasteiger charge is -2.72. The molecule has 0 saturated heterocycles. The van der Waals surface area contributed by atoms with Crippen LogP contribution in [0.5, 0.6) is 5.75 Å². The zero-order chi connectivity index (χ0) is 35.0. The molecular formula is C44H59NO4. The Bertz CT molecular complexity index is 1620. The molecule has 0 unspecified atom stereocenters. The Hall–Kier alpha value is -3.08. The van der Waals surface area contributed by atoms with Crippen LogP contribution in [0.4, 0.5) is 0 Å². The number of amides is 1. The van der Waals surface area contributed by atoms with E-state index >= 15 is 0 Å². The van der Waals surface area contributed by atoms with Crippen molar-refractivity contribution in [3.63, 3.8) is 0 Å². The number of rotatable bonds is 7. The summed E-state index contributed by atoms with van der Waals surface area (Å²) in [6, 6.07) is 15.7. The second-order valence-corrected chi connectivity index (χ2v) is 18.0. The summed E-state index contributed by atoms with van der Waals surface area (Å²) in [7, 11) is 1.69. The number of hydrogen-bond acceptors (Lipinski definition) is 3. The average molecular weight is 666 g/mol. The van der Waals surface area contributed by atoms with Crippen LogP contribution in [0.15, 0.2) is 54.6 Å². The van der Waals surface area contributed by atoms with Crippen molar-refractivity contribution in [3.8, 4) is 5.75 Å².